The number of amides is 2. The molecule has 2 aliphatic rings. The van der Waals surface area contributed by atoms with Gasteiger partial charge < -0.3 is 21.7 Å². The topological polar surface area (TPSA) is 162 Å². The van der Waals surface area contributed by atoms with Gasteiger partial charge in [-0.1, -0.05) is 66.2 Å². The normalized spacial score (nSPS) is 17.0. The first-order valence-corrected chi connectivity index (χ1v) is 17.0. The Hall–Kier alpha value is -6.34. The highest BCUT2D eigenvalue weighted by Gasteiger charge is 2.32. The van der Waals surface area contributed by atoms with E-state index >= 15 is 0 Å². The molecule has 0 atom stereocenters. The quantitative estimate of drug-likeness (QED) is 0.0706. The summed E-state index contributed by atoms with van der Waals surface area (Å²) in [5.74, 6) is -1.08. The van der Waals surface area contributed by atoms with Crippen molar-refractivity contribution in [2.75, 3.05) is 5.32 Å². The number of nitriles is 1. The predicted octanol–water partition coefficient (Wildman–Crippen LogP) is 7.54. The van der Waals surface area contributed by atoms with Gasteiger partial charge in [0.25, 0.3) is 11.8 Å². The van der Waals surface area contributed by atoms with Crippen LogP contribution in [0, 0.1) is 18.3 Å². The highest BCUT2D eigenvalue weighted by molar-refractivity contribution is 6.12. The van der Waals surface area contributed by atoms with Crippen LogP contribution in [0.5, 0.6) is 0 Å². The molecule has 10 heteroatoms. The van der Waals surface area contributed by atoms with Gasteiger partial charge in [0.15, 0.2) is 11.5 Å². The zero-order valence-corrected chi connectivity index (χ0v) is 30.3. The van der Waals surface area contributed by atoms with Crippen molar-refractivity contribution in [2.45, 2.75) is 65.5 Å². The number of rotatable bonds is 6. The second-order valence-electron chi connectivity index (χ2n) is 14.3. The Morgan fingerprint density at radius 3 is 1.81 bits per heavy atom. The van der Waals surface area contributed by atoms with Gasteiger partial charge in [0.1, 0.15) is 11.6 Å². The van der Waals surface area contributed by atoms with Crippen LogP contribution in [-0.2, 0) is 22.4 Å². The Morgan fingerprint density at radius 2 is 1.29 bits per heavy atom. The lowest BCUT2D eigenvalue weighted by molar-refractivity contribution is -0.114. The largest absolute Gasteiger partial charge is 0.378 e. The molecule has 0 saturated carbocycles. The molecule has 4 aromatic carbocycles. The molecule has 0 aliphatic carbocycles. The number of nitrogens with two attached hydrogens (primary N) is 1. The summed E-state index contributed by atoms with van der Waals surface area (Å²) in [7, 11) is 0. The zero-order valence-electron chi connectivity index (χ0n) is 30.3. The number of ketones is 1. The summed E-state index contributed by atoms with van der Waals surface area (Å²) >= 11 is 0. The molecule has 0 unspecified atom stereocenters. The van der Waals surface area contributed by atoms with E-state index in [4.69, 9.17) is 5.73 Å². The van der Waals surface area contributed by atoms with Gasteiger partial charge in [-0.15, -0.1) is 5.11 Å². The number of carbonyl (C=O) groups is 3. The third-order valence-corrected chi connectivity index (χ3v) is 8.67. The number of aryl methyl sites for hydroxylation is 1. The van der Waals surface area contributed by atoms with Gasteiger partial charge in [0.05, 0.1) is 17.1 Å². The molecular weight excluding hydrogens is 651 g/mol. The first-order chi connectivity index (χ1) is 24.7. The fraction of sp³-hybridized carbons (Fsp3) is 0.238. The fourth-order valence-electron chi connectivity index (χ4n) is 6.22. The Balaban J connectivity index is 0.000000202. The summed E-state index contributed by atoms with van der Waals surface area (Å²) in [6.07, 6.45) is 1.66. The van der Waals surface area contributed by atoms with E-state index in [-0.39, 0.29) is 28.1 Å². The molecule has 0 radical (unpaired) electrons. The van der Waals surface area contributed by atoms with Crippen molar-refractivity contribution in [2.24, 2.45) is 16.0 Å². The van der Waals surface area contributed by atoms with Crippen molar-refractivity contribution in [3.8, 4) is 6.07 Å². The van der Waals surface area contributed by atoms with Gasteiger partial charge in [0, 0.05) is 33.5 Å². The summed E-state index contributed by atoms with van der Waals surface area (Å²) < 4.78 is 0. The molecule has 10 nitrogen and oxygen atoms in total. The van der Waals surface area contributed by atoms with Crippen LogP contribution in [0.4, 0.5) is 11.4 Å². The minimum Gasteiger partial charge on any atom is -0.378 e. The van der Waals surface area contributed by atoms with E-state index in [1.165, 1.54) is 6.92 Å². The second-order valence-corrected chi connectivity index (χ2v) is 14.3. The molecule has 0 fully saturated rings. The third-order valence-electron chi connectivity index (χ3n) is 8.67. The maximum Gasteiger partial charge on any atom is 0.271 e. The average molecular weight is 694 g/mol. The molecule has 5 N–H and O–H groups in total. The molecule has 264 valence electrons. The SMILES string of the molecule is CC(=O)c1ccc(N=NC(C(N)=O)=C2NC(C)(C)Cc3ccccc32)cc1.Cc1ccc(NC(=O)C(C#N)=C2NC(C)(C)Cc3ccccc32)cc1. The molecule has 4 aromatic rings. The van der Waals surface area contributed by atoms with Gasteiger partial charge in [-0.05, 0) is 102 Å². The Labute approximate surface area is 304 Å². The van der Waals surface area contributed by atoms with Crippen LogP contribution in [0.25, 0.3) is 11.4 Å². The van der Waals surface area contributed by atoms with Crippen molar-refractivity contribution in [1.82, 2.24) is 10.6 Å². The molecule has 2 aliphatic heterocycles. The number of nitrogens with one attached hydrogen (secondary N) is 3. The minimum absolute atomic E-state index is 0.0244. The van der Waals surface area contributed by atoms with Gasteiger partial charge in [-0.3, -0.25) is 14.4 Å². The Bertz CT molecular complexity index is 2150. The lowest BCUT2D eigenvalue weighted by atomic mass is 9.84. The lowest BCUT2D eigenvalue weighted by Gasteiger charge is -2.36. The molecule has 0 saturated heterocycles. The third kappa shape index (κ3) is 8.87. The van der Waals surface area contributed by atoms with Crippen molar-refractivity contribution in [3.63, 3.8) is 0 Å². The lowest BCUT2D eigenvalue weighted by Crippen LogP contribution is -2.44. The summed E-state index contributed by atoms with van der Waals surface area (Å²) in [5.41, 5.74) is 13.5. The molecule has 2 amide bonds. The fourth-order valence-corrected chi connectivity index (χ4v) is 6.22. The summed E-state index contributed by atoms with van der Waals surface area (Å²) in [4.78, 5) is 36.2. The van der Waals surface area contributed by atoms with Crippen molar-refractivity contribution in [1.29, 1.82) is 5.26 Å². The molecule has 2 heterocycles. The Morgan fingerprint density at radius 1 is 0.769 bits per heavy atom. The smallest absolute Gasteiger partial charge is 0.271 e. The van der Waals surface area contributed by atoms with Crippen molar-refractivity contribution >= 4 is 40.4 Å². The maximum absolute atomic E-state index is 12.7. The number of carbonyl (C=O) groups excluding carboxylic acids is 3. The standard InChI is InChI=1S/C21H22N4O2.C21H21N3O/c1-13(26)14-8-10-16(11-9-14)24-25-19(20(22)27)18-17-7-5-4-6-15(17)12-21(2,3)23-18;1-14-8-10-16(11-9-14)23-20(25)18(13-22)19-17-7-5-4-6-15(17)12-21(2,3)24-19/h4-11,23H,12H2,1-3H3,(H2,22,27);4-11,24H,12H2,1-3H3,(H,23,25). The number of benzene rings is 4. The first-order valence-electron chi connectivity index (χ1n) is 17.0. The van der Waals surface area contributed by atoms with Crippen LogP contribution in [0.3, 0.4) is 0 Å². The summed E-state index contributed by atoms with van der Waals surface area (Å²) in [6.45, 7) is 11.7. The number of hydrogen-bond acceptors (Lipinski definition) is 8. The van der Waals surface area contributed by atoms with Crippen LogP contribution >= 0.6 is 0 Å². The second kappa shape index (κ2) is 15.3. The van der Waals surface area contributed by atoms with E-state index in [0.29, 0.717) is 28.3 Å². The van der Waals surface area contributed by atoms with Crippen LogP contribution in [-0.4, -0.2) is 28.7 Å². The van der Waals surface area contributed by atoms with Crippen LogP contribution in [0.2, 0.25) is 0 Å². The molecule has 52 heavy (non-hydrogen) atoms. The Kier molecular flexibility index (Phi) is 10.8. The number of nitrogens with zero attached hydrogens (tertiary/aromatic N) is 3. The molecule has 0 aromatic heterocycles. The van der Waals surface area contributed by atoms with Gasteiger partial charge in [-0.25, -0.2) is 0 Å². The molecule has 0 spiro atoms. The van der Waals surface area contributed by atoms with Crippen LogP contribution in [0.1, 0.15) is 72.8 Å². The van der Waals surface area contributed by atoms with Gasteiger partial charge >= 0.3 is 0 Å². The zero-order chi connectivity index (χ0) is 37.6. The monoisotopic (exact) mass is 693 g/mol. The van der Waals surface area contributed by atoms with Crippen molar-refractivity contribution < 1.29 is 14.4 Å². The average Bonchev–Trinajstić information content (AvgIpc) is 3.09. The number of fused-ring (bicyclic) bond motifs is 2. The predicted molar refractivity (Wildman–Crippen MR) is 204 cm³/mol. The summed E-state index contributed by atoms with van der Waals surface area (Å²) in [5, 5.41) is 27.5. The van der Waals surface area contributed by atoms with Gasteiger partial charge in [0.2, 0.25) is 0 Å². The number of primary amides is 1. The molecular formula is C42H43N7O3. The number of Topliss-reactive ketones (excluding diaryl/α,β-unsaturated/α-hetero) is 1. The van der Waals surface area contributed by atoms with Crippen LogP contribution < -0.4 is 21.7 Å². The minimum atomic E-state index is -0.658. The highest BCUT2D eigenvalue weighted by atomic mass is 16.2. The van der Waals surface area contributed by atoms with E-state index in [0.717, 1.165) is 40.7 Å². The van der Waals surface area contributed by atoms with Crippen LogP contribution in [0.15, 0.2) is 119 Å². The van der Waals surface area contributed by atoms with Crippen molar-refractivity contribution in [3.05, 3.63) is 142 Å². The van der Waals surface area contributed by atoms with E-state index in [2.05, 4.69) is 59.9 Å². The highest BCUT2D eigenvalue weighted by Crippen LogP contribution is 2.33. The van der Waals surface area contributed by atoms with E-state index in [1.807, 2.05) is 79.7 Å². The van der Waals surface area contributed by atoms with Gasteiger partial charge in [-0.2, -0.15) is 10.4 Å². The summed E-state index contributed by atoms with van der Waals surface area (Å²) in [6, 6.07) is 32.0. The number of hydrogen-bond donors (Lipinski definition) is 4. The molecule has 6 rings (SSSR count). The number of anilines is 1. The maximum atomic E-state index is 12.7. The van der Waals surface area contributed by atoms with E-state index in [1.54, 1.807) is 24.3 Å². The van der Waals surface area contributed by atoms with E-state index in [9.17, 15) is 19.6 Å². The first kappa shape index (κ1) is 36.9. The molecule has 0 bridgehead atoms. The van der Waals surface area contributed by atoms with E-state index < -0.39 is 11.8 Å². The number of azo groups is 1.